The van der Waals surface area contributed by atoms with Crippen LogP contribution in [-0.4, -0.2) is 41.8 Å². The van der Waals surface area contributed by atoms with Crippen LogP contribution < -0.4 is 20.9 Å². The Balaban J connectivity index is 1.29. The van der Waals surface area contributed by atoms with Gasteiger partial charge >= 0.3 is 0 Å². The Kier molecular flexibility index (Phi) is 8.39. The van der Waals surface area contributed by atoms with Crippen LogP contribution in [0.2, 0.25) is 0 Å². The van der Waals surface area contributed by atoms with E-state index in [0.717, 1.165) is 72.9 Å². The van der Waals surface area contributed by atoms with Gasteiger partial charge in [-0.2, -0.15) is 4.98 Å². The predicted octanol–water partition coefficient (Wildman–Crippen LogP) is 5.78. The van der Waals surface area contributed by atoms with Crippen molar-refractivity contribution in [1.82, 2.24) is 15.3 Å². The molecule has 1 aromatic heterocycles. The smallest absolute Gasteiger partial charge is 0.225 e. The molecule has 7 heteroatoms. The van der Waals surface area contributed by atoms with Gasteiger partial charge in [0.2, 0.25) is 5.95 Å². The van der Waals surface area contributed by atoms with Crippen LogP contribution in [0.1, 0.15) is 50.7 Å². The first kappa shape index (κ1) is 25.2. The molecule has 0 spiro atoms. The molecule has 0 atom stereocenters. The fraction of sp³-hybridized carbons (Fsp3) is 0.464. The Bertz CT molecular complexity index is 1130. The lowest BCUT2D eigenvalue weighted by molar-refractivity contribution is 0.336. The van der Waals surface area contributed by atoms with Crippen molar-refractivity contribution in [1.29, 1.82) is 0 Å². The Morgan fingerprint density at radius 2 is 1.63 bits per heavy atom. The summed E-state index contributed by atoms with van der Waals surface area (Å²) in [6, 6.07) is 15.1. The molecular formula is C28H38N6S. The van der Waals surface area contributed by atoms with Gasteiger partial charge in [0.25, 0.3) is 0 Å². The van der Waals surface area contributed by atoms with Crippen molar-refractivity contribution in [3.05, 3.63) is 53.6 Å². The van der Waals surface area contributed by atoms with Gasteiger partial charge in [0.15, 0.2) is 5.11 Å². The van der Waals surface area contributed by atoms with E-state index in [1.807, 2.05) is 26.2 Å². The monoisotopic (exact) mass is 490 g/mol. The molecule has 1 fully saturated rings. The van der Waals surface area contributed by atoms with Crippen molar-refractivity contribution in [3.8, 4) is 0 Å². The van der Waals surface area contributed by atoms with Gasteiger partial charge in [-0.05, 0) is 79.9 Å². The molecule has 4 rings (SSSR count). The van der Waals surface area contributed by atoms with Gasteiger partial charge in [0.1, 0.15) is 5.82 Å². The number of benzene rings is 2. The standard InChI is InChI=1S/C28H38N6S/c1-5-20-10-9-11-21(6-2)25(20)32-28(35)29-18-19-14-16-22(17-15-19)30-27-31-24-13-8-7-12-23(24)26(33-27)34(3)4/h7-13,19,22H,5-6,14-18H2,1-4H3,(H2,29,32,35)(H,30,31,33). The molecule has 3 N–H and O–H groups in total. The molecule has 1 aliphatic carbocycles. The number of nitrogens with one attached hydrogen (secondary N) is 3. The molecule has 0 unspecified atom stereocenters. The van der Waals surface area contributed by atoms with Crippen molar-refractivity contribution in [2.45, 2.75) is 58.4 Å². The van der Waals surface area contributed by atoms with Gasteiger partial charge in [-0.1, -0.05) is 44.2 Å². The molecule has 35 heavy (non-hydrogen) atoms. The molecule has 1 heterocycles. The van der Waals surface area contributed by atoms with Gasteiger partial charge in [-0.3, -0.25) is 0 Å². The summed E-state index contributed by atoms with van der Waals surface area (Å²) in [6.07, 6.45) is 6.52. The minimum absolute atomic E-state index is 0.399. The van der Waals surface area contributed by atoms with Crippen LogP contribution in [0.25, 0.3) is 10.9 Å². The fourth-order valence-corrected chi connectivity index (χ4v) is 5.14. The maximum absolute atomic E-state index is 5.65. The first-order chi connectivity index (χ1) is 17.0. The zero-order chi connectivity index (χ0) is 24.8. The summed E-state index contributed by atoms with van der Waals surface area (Å²) in [5, 5.41) is 12.4. The van der Waals surface area contributed by atoms with Crippen LogP contribution >= 0.6 is 12.2 Å². The van der Waals surface area contributed by atoms with Crippen molar-refractivity contribution in [3.63, 3.8) is 0 Å². The minimum Gasteiger partial charge on any atom is -0.362 e. The number of aromatic nitrogens is 2. The van der Waals surface area contributed by atoms with Crippen molar-refractivity contribution < 1.29 is 0 Å². The van der Waals surface area contributed by atoms with Crippen LogP contribution in [0.5, 0.6) is 0 Å². The lowest BCUT2D eigenvalue weighted by atomic mass is 9.86. The van der Waals surface area contributed by atoms with E-state index < -0.39 is 0 Å². The molecule has 186 valence electrons. The predicted molar refractivity (Wildman–Crippen MR) is 153 cm³/mol. The van der Waals surface area contributed by atoms with Gasteiger partial charge in [-0.25, -0.2) is 4.98 Å². The van der Waals surface area contributed by atoms with Crippen LogP contribution in [0, 0.1) is 5.92 Å². The molecule has 0 saturated heterocycles. The minimum atomic E-state index is 0.399. The number of para-hydroxylation sites is 2. The highest BCUT2D eigenvalue weighted by Gasteiger charge is 2.22. The van der Waals surface area contributed by atoms with E-state index in [-0.39, 0.29) is 0 Å². The molecule has 2 aromatic carbocycles. The second kappa shape index (κ2) is 11.7. The van der Waals surface area contributed by atoms with E-state index >= 15 is 0 Å². The van der Waals surface area contributed by atoms with Crippen molar-refractivity contribution >= 4 is 45.7 Å². The average molecular weight is 491 g/mol. The highest BCUT2D eigenvalue weighted by Crippen LogP contribution is 2.28. The molecule has 0 bridgehead atoms. The second-order valence-electron chi connectivity index (χ2n) is 9.64. The summed E-state index contributed by atoms with van der Waals surface area (Å²) in [6.45, 7) is 5.28. The molecular weight excluding hydrogens is 452 g/mol. The number of aryl methyl sites for hydroxylation is 2. The summed E-state index contributed by atoms with van der Waals surface area (Å²) < 4.78 is 0. The Morgan fingerprint density at radius 1 is 0.943 bits per heavy atom. The molecule has 0 amide bonds. The number of fused-ring (bicyclic) bond motifs is 1. The van der Waals surface area contributed by atoms with E-state index in [1.54, 1.807) is 0 Å². The molecule has 1 saturated carbocycles. The topological polar surface area (TPSA) is 65.1 Å². The number of anilines is 3. The molecule has 0 radical (unpaired) electrons. The SMILES string of the molecule is CCc1cccc(CC)c1NC(=S)NCC1CCC(Nc2nc(N(C)C)c3ccccc3n2)CC1. The molecule has 3 aromatic rings. The highest BCUT2D eigenvalue weighted by molar-refractivity contribution is 7.80. The maximum Gasteiger partial charge on any atom is 0.225 e. The average Bonchev–Trinajstić information content (AvgIpc) is 2.87. The molecule has 1 aliphatic rings. The van der Waals surface area contributed by atoms with Gasteiger partial charge in [-0.15, -0.1) is 0 Å². The quantitative estimate of drug-likeness (QED) is 0.346. The number of thiocarbonyl (C=S) groups is 1. The molecule has 0 aliphatic heterocycles. The second-order valence-corrected chi connectivity index (χ2v) is 10.0. The normalized spacial score (nSPS) is 17.7. The van der Waals surface area contributed by atoms with E-state index in [2.05, 4.69) is 65.0 Å². The summed E-state index contributed by atoms with van der Waals surface area (Å²) in [5.41, 5.74) is 4.78. The van der Waals surface area contributed by atoms with E-state index in [1.165, 1.54) is 16.8 Å². The fourth-order valence-electron chi connectivity index (χ4n) is 4.96. The Morgan fingerprint density at radius 3 is 2.29 bits per heavy atom. The number of hydrogen-bond donors (Lipinski definition) is 3. The summed E-state index contributed by atoms with van der Waals surface area (Å²) >= 11 is 5.65. The largest absolute Gasteiger partial charge is 0.362 e. The Hall–Kier alpha value is -2.93. The third kappa shape index (κ3) is 6.20. The number of rotatable bonds is 8. The third-order valence-corrected chi connectivity index (χ3v) is 7.22. The summed E-state index contributed by atoms with van der Waals surface area (Å²) in [7, 11) is 4.06. The number of nitrogens with zero attached hydrogens (tertiary/aromatic N) is 3. The first-order valence-electron chi connectivity index (χ1n) is 12.8. The zero-order valence-electron chi connectivity index (χ0n) is 21.4. The van der Waals surface area contributed by atoms with Crippen LogP contribution in [0.15, 0.2) is 42.5 Å². The van der Waals surface area contributed by atoms with E-state index in [4.69, 9.17) is 22.2 Å². The lowest BCUT2D eigenvalue weighted by Crippen LogP contribution is -2.36. The van der Waals surface area contributed by atoms with Gasteiger partial charge in [0, 0.05) is 37.8 Å². The lowest BCUT2D eigenvalue weighted by Gasteiger charge is -2.30. The molecule has 6 nitrogen and oxygen atoms in total. The van der Waals surface area contributed by atoms with Crippen LogP contribution in [-0.2, 0) is 12.8 Å². The zero-order valence-corrected chi connectivity index (χ0v) is 22.2. The van der Waals surface area contributed by atoms with Crippen LogP contribution in [0.3, 0.4) is 0 Å². The summed E-state index contributed by atoms with van der Waals surface area (Å²) in [4.78, 5) is 11.6. The van der Waals surface area contributed by atoms with Crippen molar-refractivity contribution in [2.75, 3.05) is 36.2 Å². The van der Waals surface area contributed by atoms with E-state index in [9.17, 15) is 0 Å². The van der Waals surface area contributed by atoms with Gasteiger partial charge in [0.05, 0.1) is 5.52 Å². The Labute approximate surface area is 214 Å². The van der Waals surface area contributed by atoms with Crippen LogP contribution in [0.4, 0.5) is 17.5 Å². The highest BCUT2D eigenvalue weighted by atomic mass is 32.1. The van der Waals surface area contributed by atoms with E-state index in [0.29, 0.717) is 12.0 Å². The van der Waals surface area contributed by atoms with Gasteiger partial charge < -0.3 is 20.9 Å². The number of hydrogen-bond acceptors (Lipinski definition) is 5. The van der Waals surface area contributed by atoms with Crippen molar-refractivity contribution in [2.24, 2.45) is 5.92 Å². The third-order valence-electron chi connectivity index (χ3n) is 6.98. The maximum atomic E-state index is 5.65. The summed E-state index contributed by atoms with van der Waals surface area (Å²) in [5.74, 6) is 2.29. The first-order valence-corrected chi connectivity index (χ1v) is 13.3.